The van der Waals surface area contributed by atoms with Crippen LogP contribution in [0.1, 0.15) is 23.8 Å². The minimum atomic E-state index is -0.135. The van der Waals surface area contributed by atoms with E-state index >= 15 is 0 Å². The predicted molar refractivity (Wildman–Crippen MR) is 115 cm³/mol. The molecule has 0 bridgehead atoms. The van der Waals surface area contributed by atoms with E-state index in [2.05, 4.69) is 15.3 Å². The highest BCUT2D eigenvalue weighted by Gasteiger charge is 2.12. The SMILES string of the molecule is Cc1nc(-c2cccc(NC(=O)CCc3ncc(-c4ccccc4Cl)o3)c2)oc1C. The number of benzene rings is 2. The fourth-order valence-corrected chi connectivity index (χ4v) is 3.21. The lowest BCUT2D eigenvalue weighted by Gasteiger charge is -2.05. The van der Waals surface area contributed by atoms with Gasteiger partial charge >= 0.3 is 0 Å². The molecule has 2 aromatic carbocycles. The van der Waals surface area contributed by atoms with Crippen LogP contribution in [0.3, 0.4) is 0 Å². The van der Waals surface area contributed by atoms with Crippen molar-refractivity contribution in [2.24, 2.45) is 0 Å². The van der Waals surface area contributed by atoms with Gasteiger partial charge in [-0.1, -0.05) is 29.8 Å². The van der Waals surface area contributed by atoms with Gasteiger partial charge in [0, 0.05) is 29.7 Å². The van der Waals surface area contributed by atoms with Crippen LogP contribution in [0, 0.1) is 13.8 Å². The normalized spacial score (nSPS) is 10.9. The van der Waals surface area contributed by atoms with Crippen molar-refractivity contribution in [2.75, 3.05) is 5.32 Å². The number of anilines is 1. The molecule has 0 fully saturated rings. The molecule has 1 amide bonds. The highest BCUT2D eigenvalue weighted by atomic mass is 35.5. The van der Waals surface area contributed by atoms with Crippen molar-refractivity contribution < 1.29 is 13.6 Å². The van der Waals surface area contributed by atoms with Gasteiger partial charge in [0.1, 0.15) is 5.76 Å². The third-order valence-electron chi connectivity index (χ3n) is 4.68. The van der Waals surface area contributed by atoms with Gasteiger partial charge in [-0.2, -0.15) is 0 Å². The van der Waals surface area contributed by atoms with E-state index in [-0.39, 0.29) is 12.3 Å². The summed E-state index contributed by atoms with van der Waals surface area (Å²) < 4.78 is 11.4. The molecule has 0 saturated carbocycles. The van der Waals surface area contributed by atoms with Gasteiger partial charge in [-0.05, 0) is 44.2 Å². The molecule has 0 atom stereocenters. The van der Waals surface area contributed by atoms with Gasteiger partial charge in [-0.25, -0.2) is 9.97 Å². The first kappa shape index (κ1) is 19.9. The molecule has 0 unspecified atom stereocenters. The van der Waals surface area contributed by atoms with Gasteiger partial charge in [0.05, 0.1) is 16.9 Å². The summed E-state index contributed by atoms with van der Waals surface area (Å²) in [5.74, 6) is 2.25. The Morgan fingerprint density at radius 1 is 1.10 bits per heavy atom. The van der Waals surface area contributed by atoms with Crippen molar-refractivity contribution in [3.05, 3.63) is 77.1 Å². The number of oxazole rings is 2. The summed E-state index contributed by atoms with van der Waals surface area (Å²) in [5, 5.41) is 3.48. The monoisotopic (exact) mass is 421 g/mol. The summed E-state index contributed by atoms with van der Waals surface area (Å²) in [7, 11) is 0. The number of nitrogens with one attached hydrogen (secondary N) is 1. The van der Waals surface area contributed by atoms with E-state index < -0.39 is 0 Å². The molecule has 0 spiro atoms. The lowest BCUT2D eigenvalue weighted by Crippen LogP contribution is -2.12. The molecule has 152 valence electrons. The van der Waals surface area contributed by atoms with Gasteiger partial charge in [0.2, 0.25) is 11.8 Å². The number of hydrogen-bond acceptors (Lipinski definition) is 5. The second-order valence-corrected chi connectivity index (χ2v) is 7.29. The van der Waals surface area contributed by atoms with Crippen LogP contribution in [0.4, 0.5) is 5.69 Å². The third kappa shape index (κ3) is 4.44. The molecular formula is C23H20ClN3O3. The first-order valence-corrected chi connectivity index (χ1v) is 9.91. The summed E-state index contributed by atoms with van der Waals surface area (Å²) >= 11 is 6.19. The summed E-state index contributed by atoms with van der Waals surface area (Å²) in [6.07, 6.45) is 2.25. The predicted octanol–water partition coefficient (Wildman–Crippen LogP) is 5.84. The molecule has 2 aromatic heterocycles. The summed E-state index contributed by atoms with van der Waals surface area (Å²) in [4.78, 5) is 21.0. The van der Waals surface area contributed by atoms with Gasteiger partial charge < -0.3 is 14.2 Å². The zero-order valence-corrected chi connectivity index (χ0v) is 17.4. The smallest absolute Gasteiger partial charge is 0.226 e. The number of aromatic nitrogens is 2. The number of halogens is 1. The second-order valence-electron chi connectivity index (χ2n) is 6.89. The number of rotatable bonds is 6. The third-order valence-corrected chi connectivity index (χ3v) is 5.01. The molecule has 0 aliphatic heterocycles. The number of nitrogens with zero attached hydrogens (tertiary/aromatic N) is 2. The van der Waals surface area contributed by atoms with E-state index in [1.165, 1.54) is 0 Å². The number of aryl methyl sites for hydroxylation is 3. The Morgan fingerprint density at radius 2 is 1.93 bits per heavy atom. The minimum absolute atomic E-state index is 0.135. The van der Waals surface area contributed by atoms with E-state index in [1.807, 2.05) is 56.3 Å². The molecule has 4 rings (SSSR count). The standard InChI is InChI=1S/C23H20ClN3O3/c1-14-15(2)29-23(26-14)16-6-5-7-17(12-16)27-21(28)10-11-22-25-13-20(30-22)18-8-3-4-9-19(18)24/h3-9,12-13H,10-11H2,1-2H3,(H,27,28). The first-order chi connectivity index (χ1) is 14.5. The van der Waals surface area contributed by atoms with Crippen LogP contribution in [0.5, 0.6) is 0 Å². The Kier molecular flexibility index (Phi) is 5.68. The molecule has 2 heterocycles. The van der Waals surface area contributed by atoms with Crippen LogP contribution in [0.25, 0.3) is 22.8 Å². The molecule has 0 saturated heterocycles. The summed E-state index contributed by atoms with van der Waals surface area (Å²) in [5.41, 5.74) is 3.11. The number of carbonyl (C=O) groups is 1. The van der Waals surface area contributed by atoms with Gasteiger partial charge in [0.25, 0.3) is 0 Å². The van der Waals surface area contributed by atoms with Gasteiger partial charge in [-0.3, -0.25) is 4.79 Å². The molecule has 0 aliphatic rings. The lowest BCUT2D eigenvalue weighted by atomic mass is 10.2. The highest BCUT2D eigenvalue weighted by Crippen LogP contribution is 2.28. The second kappa shape index (κ2) is 8.55. The van der Waals surface area contributed by atoms with E-state index in [9.17, 15) is 4.79 Å². The van der Waals surface area contributed by atoms with Crippen molar-refractivity contribution in [3.63, 3.8) is 0 Å². The Labute approximate surface area is 178 Å². The maximum absolute atomic E-state index is 12.4. The Hall–Kier alpha value is -3.38. The fraction of sp³-hybridized carbons (Fsp3) is 0.174. The van der Waals surface area contributed by atoms with Gasteiger partial charge in [-0.15, -0.1) is 0 Å². The number of hydrogen-bond donors (Lipinski definition) is 1. The van der Waals surface area contributed by atoms with Crippen LogP contribution < -0.4 is 5.32 Å². The van der Waals surface area contributed by atoms with E-state index in [1.54, 1.807) is 12.3 Å². The first-order valence-electron chi connectivity index (χ1n) is 9.53. The summed E-state index contributed by atoms with van der Waals surface area (Å²) in [6.45, 7) is 3.77. The van der Waals surface area contributed by atoms with Crippen LogP contribution in [-0.2, 0) is 11.2 Å². The molecule has 30 heavy (non-hydrogen) atoms. The molecule has 7 heteroatoms. The molecule has 0 aliphatic carbocycles. The average molecular weight is 422 g/mol. The van der Waals surface area contributed by atoms with Crippen molar-refractivity contribution >= 4 is 23.2 Å². The molecule has 6 nitrogen and oxygen atoms in total. The van der Waals surface area contributed by atoms with E-state index in [0.29, 0.717) is 34.7 Å². The lowest BCUT2D eigenvalue weighted by molar-refractivity contribution is -0.116. The fourth-order valence-electron chi connectivity index (χ4n) is 2.98. The zero-order chi connectivity index (χ0) is 21.1. The van der Waals surface area contributed by atoms with Crippen molar-refractivity contribution in [1.29, 1.82) is 0 Å². The zero-order valence-electron chi connectivity index (χ0n) is 16.6. The molecular weight excluding hydrogens is 402 g/mol. The van der Waals surface area contributed by atoms with Crippen LogP contribution >= 0.6 is 11.6 Å². The number of carbonyl (C=O) groups excluding carboxylic acids is 1. The number of amides is 1. The molecule has 4 aromatic rings. The molecule has 0 radical (unpaired) electrons. The van der Waals surface area contributed by atoms with Crippen LogP contribution in [-0.4, -0.2) is 15.9 Å². The van der Waals surface area contributed by atoms with Crippen LogP contribution in [0.2, 0.25) is 5.02 Å². The minimum Gasteiger partial charge on any atom is -0.441 e. The Morgan fingerprint density at radius 3 is 2.70 bits per heavy atom. The maximum atomic E-state index is 12.4. The maximum Gasteiger partial charge on any atom is 0.226 e. The largest absolute Gasteiger partial charge is 0.441 e. The topological polar surface area (TPSA) is 81.2 Å². The van der Waals surface area contributed by atoms with Crippen LogP contribution in [0.15, 0.2) is 63.6 Å². The quantitative estimate of drug-likeness (QED) is 0.423. The van der Waals surface area contributed by atoms with Crippen molar-refractivity contribution in [2.45, 2.75) is 26.7 Å². The summed E-state index contributed by atoms with van der Waals surface area (Å²) in [6, 6.07) is 14.8. The van der Waals surface area contributed by atoms with Crippen molar-refractivity contribution in [1.82, 2.24) is 9.97 Å². The van der Waals surface area contributed by atoms with E-state index in [0.717, 1.165) is 22.6 Å². The van der Waals surface area contributed by atoms with Gasteiger partial charge in [0.15, 0.2) is 11.7 Å². The Balaban J connectivity index is 1.38. The Bertz CT molecular complexity index is 1180. The average Bonchev–Trinajstić information content (AvgIpc) is 3.34. The highest BCUT2D eigenvalue weighted by molar-refractivity contribution is 6.33. The van der Waals surface area contributed by atoms with E-state index in [4.69, 9.17) is 20.4 Å². The molecule has 1 N–H and O–H groups in total. The van der Waals surface area contributed by atoms with Crippen molar-refractivity contribution in [3.8, 4) is 22.8 Å².